The van der Waals surface area contributed by atoms with Gasteiger partial charge in [-0.3, -0.25) is 4.90 Å². The molecule has 1 saturated carbocycles. The van der Waals surface area contributed by atoms with Crippen LogP contribution in [0.15, 0.2) is 18.2 Å². The Morgan fingerprint density at radius 2 is 1.67 bits per heavy atom. The van der Waals surface area contributed by atoms with Gasteiger partial charge >= 0.3 is 6.18 Å². The number of piperidine rings is 1. The molecule has 0 atom stereocenters. The SMILES string of the molecule is O[C@H]1CC[C@H](N2CCC3(CCN(c4cccc(C(F)(F)F)n4)CC3)C2)CC1. The first-order valence-corrected chi connectivity index (χ1v) is 10.1. The van der Waals surface area contributed by atoms with Gasteiger partial charge in [-0.15, -0.1) is 0 Å². The summed E-state index contributed by atoms with van der Waals surface area (Å²) in [6, 6.07) is 4.76. The highest BCUT2D eigenvalue weighted by Gasteiger charge is 2.43. The fourth-order valence-electron chi connectivity index (χ4n) is 5.08. The number of aliphatic hydroxyl groups is 1. The van der Waals surface area contributed by atoms with Crippen molar-refractivity contribution < 1.29 is 18.3 Å². The fraction of sp³-hybridized carbons (Fsp3) is 0.750. The van der Waals surface area contributed by atoms with E-state index in [-0.39, 0.29) is 6.10 Å². The summed E-state index contributed by atoms with van der Waals surface area (Å²) in [7, 11) is 0. The molecule has 4 rings (SSSR count). The van der Waals surface area contributed by atoms with Gasteiger partial charge in [0.1, 0.15) is 11.5 Å². The molecule has 4 nitrogen and oxygen atoms in total. The van der Waals surface area contributed by atoms with E-state index in [2.05, 4.69) is 9.88 Å². The van der Waals surface area contributed by atoms with Crippen LogP contribution in [0, 0.1) is 5.41 Å². The lowest BCUT2D eigenvalue weighted by Crippen LogP contribution is -2.44. The van der Waals surface area contributed by atoms with Gasteiger partial charge < -0.3 is 10.0 Å². The quantitative estimate of drug-likeness (QED) is 0.845. The van der Waals surface area contributed by atoms with Gasteiger partial charge in [-0.2, -0.15) is 13.2 Å². The van der Waals surface area contributed by atoms with Gasteiger partial charge in [0, 0.05) is 25.7 Å². The third-order valence-corrected chi connectivity index (χ3v) is 6.82. The molecule has 7 heteroatoms. The zero-order valence-electron chi connectivity index (χ0n) is 15.6. The average Bonchev–Trinajstić information content (AvgIpc) is 3.06. The zero-order valence-corrected chi connectivity index (χ0v) is 15.6. The summed E-state index contributed by atoms with van der Waals surface area (Å²) in [5.41, 5.74) is -0.513. The summed E-state index contributed by atoms with van der Waals surface area (Å²) < 4.78 is 38.8. The van der Waals surface area contributed by atoms with Crippen molar-refractivity contribution in [3.63, 3.8) is 0 Å². The first-order chi connectivity index (χ1) is 12.8. The van der Waals surface area contributed by atoms with E-state index in [0.717, 1.165) is 70.8 Å². The Balaban J connectivity index is 1.35. The lowest BCUT2D eigenvalue weighted by atomic mass is 9.77. The van der Waals surface area contributed by atoms with Crippen LogP contribution in [0.2, 0.25) is 0 Å². The molecule has 1 aromatic heterocycles. The third kappa shape index (κ3) is 4.09. The number of nitrogens with zero attached hydrogens (tertiary/aromatic N) is 3. The minimum atomic E-state index is -4.40. The van der Waals surface area contributed by atoms with Crippen molar-refractivity contribution in [2.75, 3.05) is 31.1 Å². The van der Waals surface area contributed by atoms with Crippen molar-refractivity contribution in [2.45, 2.75) is 63.3 Å². The number of rotatable bonds is 2. The van der Waals surface area contributed by atoms with Crippen LogP contribution in [0.1, 0.15) is 50.6 Å². The fourth-order valence-corrected chi connectivity index (χ4v) is 5.08. The number of aromatic nitrogens is 1. The lowest BCUT2D eigenvalue weighted by molar-refractivity contribution is -0.141. The van der Waals surface area contributed by atoms with E-state index in [1.165, 1.54) is 12.5 Å². The Bertz CT molecular complexity index is 650. The van der Waals surface area contributed by atoms with E-state index in [0.29, 0.717) is 17.3 Å². The summed E-state index contributed by atoms with van der Waals surface area (Å²) >= 11 is 0. The molecule has 2 saturated heterocycles. The van der Waals surface area contributed by atoms with Crippen LogP contribution in [-0.4, -0.2) is 53.3 Å². The number of alkyl halides is 3. The molecule has 1 N–H and O–H groups in total. The minimum absolute atomic E-state index is 0.124. The van der Waals surface area contributed by atoms with Gasteiger partial charge in [0.25, 0.3) is 0 Å². The molecule has 0 amide bonds. The second kappa shape index (κ2) is 7.24. The van der Waals surface area contributed by atoms with Crippen molar-refractivity contribution in [1.82, 2.24) is 9.88 Å². The van der Waals surface area contributed by atoms with Crippen molar-refractivity contribution in [1.29, 1.82) is 0 Å². The highest BCUT2D eigenvalue weighted by molar-refractivity contribution is 5.40. The number of pyridine rings is 1. The maximum Gasteiger partial charge on any atom is 0.433 e. The predicted molar refractivity (Wildman–Crippen MR) is 97.6 cm³/mol. The van der Waals surface area contributed by atoms with E-state index >= 15 is 0 Å². The molecule has 3 aliphatic rings. The number of halogens is 3. The minimum Gasteiger partial charge on any atom is -0.393 e. The van der Waals surface area contributed by atoms with Crippen LogP contribution >= 0.6 is 0 Å². The van der Waals surface area contributed by atoms with Crippen LogP contribution < -0.4 is 4.90 Å². The summed E-state index contributed by atoms with van der Waals surface area (Å²) in [5.74, 6) is 0.441. The highest BCUT2D eigenvalue weighted by atomic mass is 19.4. The lowest BCUT2D eigenvalue weighted by Gasteiger charge is -2.41. The average molecular weight is 383 g/mol. The molecular formula is C20H28F3N3O. The molecule has 0 radical (unpaired) electrons. The maximum atomic E-state index is 12.9. The standard InChI is InChI=1S/C20H28F3N3O/c21-20(22,23)17-2-1-3-18(24-17)25-11-8-19(9-12-25)10-13-26(14-19)15-4-6-16(27)7-5-15/h1-3,15-16,27H,4-14H2/t15-,16-. The molecule has 150 valence electrons. The Morgan fingerprint density at radius 3 is 2.33 bits per heavy atom. The van der Waals surface area contributed by atoms with Crippen LogP contribution in [0.25, 0.3) is 0 Å². The molecule has 1 aromatic rings. The Labute approximate surface area is 158 Å². The Morgan fingerprint density at radius 1 is 1.00 bits per heavy atom. The zero-order chi connectivity index (χ0) is 19.1. The Kier molecular flexibility index (Phi) is 5.10. The smallest absolute Gasteiger partial charge is 0.393 e. The topological polar surface area (TPSA) is 39.6 Å². The molecule has 1 spiro atoms. The first-order valence-electron chi connectivity index (χ1n) is 10.1. The van der Waals surface area contributed by atoms with E-state index in [9.17, 15) is 18.3 Å². The third-order valence-electron chi connectivity index (χ3n) is 6.82. The first kappa shape index (κ1) is 19.0. The van der Waals surface area contributed by atoms with E-state index in [1.54, 1.807) is 6.07 Å². The van der Waals surface area contributed by atoms with Gasteiger partial charge in [0.15, 0.2) is 0 Å². The van der Waals surface area contributed by atoms with Crippen LogP contribution in [0.5, 0.6) is 0 Å². The summed E-state index contributed by atoms with van der Waals surface area (Å²) in [6.45, 7) is 3.75. The van der Waals surface area contributed by atoms with Gasteiger partial charge in [0.05, 0.1) is 6.10 Å². The number of likely N-dealkylation sites (tertiary alicyclic amines) is 1. The maximum absolute atomic E-state index is 12.9. The monoisotopic (exact) mass is 383 g/mol. The van der Waals surface area contributed by atoms with E-state index in [4.69, 9.17) is 0 Å². The molecule has 1 aliphatic carbocycles. The summed E-state index contributed by atoms with van der Waals surface area (Å²) in [5, 5.41) is 9.72. The molecule has 3 heterocycles. The number of hydrogen-bond acceptors (Lipinski definition) is 4. The van der Waals surface area contributed by atoms with Gasteiger partial charge in [-0.05, 0) is 69.0 Å². The summed E-state index contributed by atoms with van der Waals surface area (Å²) in [4.78, 5) is 8.45. The number of hydrogen-bond donors (Lipinski definition) is 1. The van der Waals surface area contributed by atoms with Crippen molar-refractivity contribution in [3.05, 3.63) is 23.9 Å². The van der Waals surface area contributed by atoms with Gasteiger partial charge in [0.2, 0.25) is 0 Å². The van der Waals surface area contributed by atoms with Crippen LogP contribution in [0.3, 0.4) is 0 Å². The number of aliphatic hydroxyl groups excluding tert-OH is 1. The van der Waals surface area contributed by atoms with Gasteiger partial charge in [-0.25, -0.2) is 4.98 Å². The van der Waals surface area contributed by atoms with Gasteiger partial charge in [-0.1, -0.05) is 6.07 Å². The molecule has 0 bridgehead atoms. The molecule has 3 fully saturated rings. The van der Waals surface area contributed by atoms with Crippen molar-refractivity contribution in [3.8, 4) is 0 Å². The van der Waals surface area contributed by atoms with E-state index in [1.807, 2.05) is 4.90 Å². The largest absolute Gasteiger partial charge is 0.433 e. The molecule has 27 heavy (non-hydrogen) atoms. The second-order valence-corrected chi connectivity index (χ2v) is 8.55. The molecule has 0 unspecified atom stereocenters. The van der Waals surface area contributed by atoms with E-state index < -0.39 is 11.9 Å². The second-order valence-electron chi connectivity index (χ2n) is 8.55. The van der Waals surface area contributed by atoms with Crippen molar-refractivity contribution in [2.24, 2.45) is 5.41 Å². The molecule has 0 aromatic carbocycles. The molecule has 2 aliphatic heterocycles. The highest BCUT2D eigenvalue weighted by Crippen LogP contribution is 2.43. The Hall–Kier alpha value is -1.34. The predicted octanol–water partition coefficient (Wildman–Crippen LogP) is 3.70. The van der Waals surface area contributed by atoms with Crippen molar-refractivity contribution >= 4 is 5.82 Å². The summed E-state index contributed by atoms with van der Waals surface area (Å²) in [6.07, 6.45) is 2.65. The molecular weight excluding hydrogens is 355 g/mol. The van der Waals surface area contributed by atoms with Crippen LogP contribution in [0.4, 0.5) is 19.0 Å². The van der Waals surface area contributed by atoms with Crippen LogP contribution in [-0.2, 0) is 6.18 Å². The normalized spacial score (nSPS) is 29.4. The number of anilines is 1.